The van der Waals surface area contributed by atoms with Crippen LogP contribution in [0.5, 0.6) is 0 Å². The molecule has 0 unspecified atom stereocenters. The maximum absolute atomic E-state index is 13.5. The average Bonchev–Trinajstić information content (AvgIpc) is 2.59. The zero-order valence-corrected chi connectivity index (χ0v) is 16.4. The number of nitrogens with one attached hydrogen (secondary N) is 2. The molecule has 0 heterocycles. The van der Waals surface area contributed by atoms with Gasteiger partial charge in [0.15, 0.2) is 0 Å². The molecule has 0 fully saturated rings. The Morgan fingerprint density at radius 1 is 1.04 bits per heavy atom. The number of sulfonamides is 1. The Hall–Kier alpha value is -2.25. The summed E-state index contributed by atoms with van der Waals surface area (Å²) in [6, 6.07) is 13.3. The highest BCUT2D eigenvalue weighted by atomic mass is 32.2. The number of rotatable bonds is 9. The SMILES string of the molecule is CC(C)NS(=O)(=O)Cc1ccc(CNC(=O)CCc2ccccc2F)cc1. The fourth-order valence-corrected chi connectivity index (χ4v) is 4.04. The Labute approximate surface area is 160 Å². The Balaban J connectivity index is 1.81. The molecule has 2 N–H and O–H groups in total. The second kappa shape index (κ2) is 9.62. The number of hydrogen-bond donors (Lipinski definition) is 2. The molecule has 146 valence electrons. The second-order valence-corrected chi connectivity index (χ2v) is 8.47. The van der Waals surface area contributed by atoms with Gasteiger partial charge in [0.2, 0.25) is 15.9 Å². The number of carbonyl (C=O) groups is 1. The Kier molecular flexibility index (Phi) is 7.50. The summed E-state index contributed by atoms with van der Waals surface area (Å²) in [6.07, 6.45) is 0.552. The smallest absolute Gasteiger partial charge is 0.220 e. The van der Waals surface area contributed by atoms with E-state index in [4.69, 9.17) is 0 Å². The van der Waals surface area contributed by atoms with Crippen molar-refractivity contribution < 1.29 is 17.6 Å². The first kappa shape index (κ1) is 21.1. The third-order valence-electron chi connectivity index (χ3n) is 3.86. The summed E-state index contributed by atoms with van der Waals surface area (Å²) in [5.74, 6) is -0.547. The summed E-state index contributed by atoms with van der Waals surface area (Å²) in [6.45, 7) is 3.89. The molecule has 27 heavy (non-hydrogen) atoms. The van der Waals surface area contributed by atoms with Crippen molar-refractivity contribution >= 4 is 15.9 Å². The van der Waals surface area contributed by atoms with Crippen LogP contribution < -0.4 is 10.0 Å². The van der Waals surface area contributed by atoms with Crippen LogP contribution in [0, 0.1) is 5.82 Å². The molecule has 0 aromatic heterocycles. The van der Waals surface area contributed by atoms with Crippen LogP contribution in [0.2, 0.25) is 0 Å². The van der Waals surface area contributed by atoms with Crippen molar-refractivity contribution in [2.45, 2.75) is 45.0 Å². The van der Waals surface area contributed by atoms with Crippen LogP contribution in [0.4, 0.5) is 4.39 Å². The van der Waals surface area contributed by atoms with Gasteiger partial charge in [0.25, 0.3) is 0 Å². The highest BCUT2D eigenvalue weighted by Gasteiger charge is 2.13. The molecule has 0 atom stereocenters. The molecule has 2 rings (SSSR count). The van der Waals surface area contributed by atoms with Gasteiger partial charge in [-0.3, -0.25) is 4.79 Å². The van der Waals surface area contributed by atoms with Crippen molar-refractivity contribution in [1.29, 1.82) is 0 Å². The normalized spacial score (nSPS) is 11.6. The molecule has 7 heteroatoms. The first-order valence-electron chi connectivity index (χ1n) is 8.83. The molecule has 5 nitrogen and oxygen atoms in total. The van der Waals surface area contributed by atoms with E-state index in [1.165, 1.54) is 6.07 Å². The molecule has 2 aromatic rings. The molecule has 0 spiro atoms. The summed E-state index contributed by atoms with van der Waals surface area (Å²) in [5.41, 5.74) is 2.07. The number of benzene rings is 2. The quantitative estimate of drug-likeness (QED) is 0.689. The van der Waals surface area contributed by atoms with E-state index in [0.29, 0.717) is 24.1 Å². The molecule has 0 saturated heterocycles. The number of halogens is 1. The van der Waals surface area contributed by atoms with Crippen molar-refractivity contribution in [2.75, 3.05) is 0 Å². The second-order valence-electron chi connectivity index (χ2n) is 6.72. The molecular weight excluding hydrogens is 367 g/mol. The van der Waals surface area contributed by atoms with E-state index in [1.807, 2.05) is 0 Å². The van der Waals surface area contributed by atoms with Crippen LogP contribution in [0.1, 0.15) is 37.0 Å². The van der Waals surface area contributed by atoms with Crippen LogP contribution in [0.25, 0.3) is 0 Å². The minimum atomic E-state index is -3.36. The lowest BCUT2D eigenvalue weighted by atomic mass is 10.1. The molecule has 0 aliphatic rings. The van der Waals surface area contributed by atoms with Gasteiger partial charge in [0, 0.05) is 19.0 Å². The summed E-state index contributed by atoms with van der Waals surface area (Å²) in [4.78, 5) is 11.9. The number of carbonyl (C=O) groups excluding carboxylic acids is 1. The number of amides is 1. The van der Waals surface area contributed by atoms with E-state index in [-0.39, 0.29) is 29.9 Å². The minimum Gasteiger partial charge on any atom is -0.352 e. The lowest BCUT2D eigenvalue weighted by molar-refractivity contribution is -0.121. The van der Waals surface area contributed by atoms with E-state index in [2.05, 4.69) is 10.0 Å². The third-order valence-corrected chi connectivity index (χ3v) is 5.41. The highest BCUT2D eigenvalue weighted by Crippen LogP contribution is 2.10. The predicted octanol–water partition coefficient (Wildman–Crippen LogP) is 2.90. The summed E-state index contributed by atoms with van der Waals surface area (Å²) < 4.78 is 39.9. The summed E-state index contributed by atoms with van der Waals surface area (Å²) in [5, 5.41) is 2.79. The Bertz CT molecular complexity index is 865. The molecule has 0 aliphatic heterocycles. The van der Waals surface area contributed by atoms with Crippen molar-refractivity contribution in [3.05, 3.63) is 71.0 Å². The fourth-order valence-electron chi connectivity index (χ4n) is 2.61. The molecule has 1 amide bonds. The van der Waals surface area contributed by atoms with E-state index in [9.17, 15) is 17.6 Å². The minimum absolute atomic E-state index is 0.0829. The molecule has 0 aliphatic carbocycles. The topological polar surface area (TPSA) is 75.3 Å². The van der Waals surface area contributed by atoms with Crippen LogP contribution >= 0.6 is 0 Å². The number of aryl methyl sites for hydroxylation is 1. The summed E-state index contributed by atoms with van der Waals surface area (Å²) >= 11 is 0. The standard InChI is InChI=1S/C20H25FN2O3S/c1-15(2)23-27(25,26)14-17-9-7-16(8-10-17)13-22-20(24)12-11-18-5-3-4-6-19(18)21/h3-10,15,23H,11-14H2,1-2H3,(H,22,24). The van der Waals surface area contributed by atoms with E-state index in [0.717, 1.165) is 5.56 Å². The van der Waals surface area contributed by atoms with Gasteiger partial charge in [-0.25, -0.2) is 17.5 Å². The van der Waals surface area contributed by atoms with Gasteiger partial charge < -0.3 is 5.32 Å². The first-order valence-corrected chi connectivity index (χ1v) is 10.5. The van der Waals surface area contributed by atoms with E-state index >= 15 is 0 Å². The predicted molar refractivity (Wildman–Crippen MR) is 104 cm³/mol. The zero-order chi connectivity index (χ0) is 19.9. The van der Waals surface area contributed by atoms with Crippen molar-refractivity contribution in [2.24, 2.45) is 0 Å². The van der Waals surface area contributed by atoms with Gasteiger partial charge in [-0.15, -0.1) is 0 Å². The fraction of sp³-hybridized carbons (Fsp3) is 0.350. The van der Waals surface area contributed by atoms with Crippen molar-refractivity contribution in [3.8, 4) is 0 Å². The number of hydrogen-bond acceptors (Lipinski definition) is 3. The van der Waals surface area contributed by atoms with Gasteiger partial charge in [-0.2, -0.15) is 0 Å². The lowest BCUT2D eigenvalue weighted by Crippen LogP contribution is -2.31. The van der Waals surface area contributed by atoms with Gasteiger partial charge >= 0.3 is 0 Å². The molecule has 0 saturated carbocycles. The van der Waals surface area contributed by atoms with Gasteiger partial charge in [-0.1, -0.05) is 42.5 Å². The maximum atomic E-state index is 13.5. The largest absolute Gasteiger partial charge is 0.352 e. The molecule has 0 radical (unpaired) electrons. The Morgan fingerprint density at radius 2 is 1.67 bits per heavy atom. The first-order chi connectivity index (χ1) is 12.7. The van der Waals surface area contributed by atoms with Crippen molar-refractivity contribution in [3.63, 3.8) is 0 Å². The monoisotopic (exact) mass is 392 g/mol. The zero-order valence-electron chi connectivity index (χ0n) is 15.5. The van der Waals surface area contributed by atoms with Gasteiger partial charge in [0.1, 0.15) is 5.82 Å². The Morgan fingerprint density at radius 3 is 2.30 bits per heavy atom. The molecule has 0 bridgehead atoms. The van der Waals surface area contributed by atoms with Crippen LogP contribution in [-0.2, 0) is 33.5 Å². The highest BCUT2D eigenvalue weighted by molar-refractivity contribution is 7.88. The maximum Gasteiger partial charge on any atom is 0.220 e. The average molecular weight is 392 g/mol. The van der Waals surface area contributed by atoms with Crippen LogP contribution in [0.15, 0.2) is 48.5 Å². The third kappa shape index (κ3) is 7.48. The van der Waals surface area contributed by atoms with E-state index < -0.39 is 10.0 Å². The van der Waals surface area contributed by atoms with Gasteiger partial charge in [0.05, 0.1) is 5.75 Å². The summed E-state index contributed by atoms with van der Waals surface area (Å²) in [7, 11) is -3.36. The molecule has 2 aromatic carbocycles. The lowest BCUT2D eigenvalue weighted by Gasteiger charge is -2.10. The van der Waals surface area contributed by atoms with Crippen molar-refractivity contribution in [1.82, 2.24) is 10.0 Å². The molecular formula is C20H25FN2O3S. The van der Waals surface area contributed by atoms with Crippen LogP contribution in [-0.4, -0.2) is 20.4 Å². The van der Waals surface area contributed by atoms with E-state index in [1.54, 1.807) is 56.3 Å². The van der Waals surface area contributed by atoms with Gasteiger partial charge in [-0.05, 0) is 43.0 Å². The van der Waals surface area contributed by atoms with Crippen LogP contribution in [0.3, 0.4) is 0 Å².